The van der Waals surface area contributed by atoms with Crippen molar-refractivity contribution in [2.24, 2.45) is 0 Å². The third-order valence-electron chi connectivity index (χ3n) is 7.38. The molecule has 0 amide bonds. The first-order chi connectivity index (χ1) is 17.1. The van der Waals surface area contributed by atoms with Gasteiger partial charge in [0.15, 0.2) is 8.32 Å². The lowest BCUT2D eigenvalue weighted by Crippen LogP contribution is -2.46. The molecule has 0 spiro atoms. The minimum absolute atomic E-state index is 0.00200. The van der Waals surface area contributed by atoms with Gasteiger partial charge in [-0.15, -0.1) is 0 Å². The summed E-state index contributed by atoms with van der Waals surface area (Å²) >= 11 is 0. The Morgan fingerprint density at radius 3 is 2.49 bits per heavy atom. The molecule has 1 saturated heterocycles. The normalized spacial score (nSPS) is 24.3. The van der Waals surface area contributed by atoms with Crippen molar-refractivity contribution >= 4 is 26.5 Å². The van der Waals surface area contributed by atoms with Crippen LogP contribution in [-0.4, -0.2) is 56.7 Å². The van der Waals surface area contributed by atoms with Gasteiger partial charge in [-0.1, -0.05) is 32.9 Å². The van der Waals surface area contributed by atoms with Crippen LogP contribution in [0.3, 0.4) is 0 Å². The zero-order valence-electron chi connectivity index (χ0n) is 23.4. The van der Waals surface area contributed by atoms with Gasteiger partial charge < -0.3 is 28.2 Å². The van der Waals surface area contributed by atoms with Gasteiger partial charge in [-0.25, -0.2) is 4.79 Å². The van der Waals surface area contributed by atoms with E-state index in [1.165, 1.54) is 6.92 Å². The van der Waals surface area contributed by atoms with E-state index in [-0.39, 0.29) is 41.8 Å². The minimum atomic E-state index is -2.11. The van der Waals surface area contributed by atoms with E-state index in [1.807, 2.05) is 12.1 Å². The van der Waals surface area contributed by atoms with Gasteiger partial charge in [0, 0.05) is 40.0 Å². The number of esters is 2. The molecule has 9 heteroatoms. The smallest absolute Gasteiger partial charge is 0.345 e. The van der Waals surface area contributed by atoms with E-state index < -0.39 is 20.1 Å². The van der Waals surface area contributed by atoms with Gasteiger partial charge in [0.1, 0.15) is 23.7 Å². The summed E-state index contributed by atoms with van der Waals surface area (Å²) in [5, 5.41) is 0.00200. The number of hydrogen-bond donors (Lipinski definition) is 0. The number of fused-ring (bicyclic) bond motifs is 1. The summed E-state index contributed by atoms with van der Waals surface area (Å²) in [6.45, 7) is 15.6. The number of hydrogen-bond acceptors (Lipinski definition) is 8. The monoisotopic (exact) mass is 534 g/mol. The van der Waals surface area contributed by atoms with E-state index in [2.05, 4.69) is 33.9 Å². The van der Waals surface area contributed by atoms with Crippen LogP contribution in [0.2, 0.25) is 18.1 Å². The van der Waals surface area contributed by atoms with Crippen molar-refractivity contribution in [1.82, 2.24) is 0 Å². The molecule has 0 aromatic heterocycles. The van der Waals surface area contributed by atoms with Crippen molar-refractivity contribution in [3.63, 3.8) is 0 Å². The molecule has 2 aliphatic heterocycles. The topological polar surface area (TPSA) is 97.4 Å². The number of cyclic esters (lactones) is 1. The Morgan fingerprint density at radius 2 is 1.86 bits per heavy atom. The fourth-order valence-corrected chi connectivity index (χ4v) is 6.11. The quantitative estimate of drug-likeness (QED) is 0.237. The van der Waals surface area contributed by atoms with Crippen molar-refractivity contribution < 1.29 is 37.8 Å². The van der Waals surface area contributed by atoms with Gasteiger partial charge in [-0.2, -0.15) is 0 Å². The maximum atomic E-state index is 12.8. The van der Waals surface area contributed by atoms with Crippen molar-refractivity contribution in [2.45, 2.75) is 122 Å². The van der Waals surface area contributed by atoms with Gasteiger partial charge in [-0.3, -0.25) is 4.79 Å². The number of benzene rings is 1. The van der Waals surface area contributed by atoms with Crippen LogP contribution < -0.4 is 4.74 Å². The van der Waals surface area contributed by atoms with Crippen LogP contribution >= 0.6 is 0 Å². The SMILES string of the molecule is CC(=O)O[C@H]1C[C@H](C[C@@H](CC=O)O[Si](C)(C)C(C)(C)C)O[C@@H](Cc2cccc3c2C(=O)OC(C)(C)O3)C1. The highest BCUT2D eigenvalue weighted by Gasteiger charge is 2.41. The summed E-state index contributed by atoms with van der Waals surface area (Å²) in [7, 11) is -2.11. The molecule has 0 bridgehead atoms. The van der Waals surface area contributed by atoms with Gasteiger partial charge >= 0.3 is 11.9 Å². The maximum absolute atomic E-state index is 12.8. The van der Waals surface area contributed by atoms with Gasteiger partial charge in [-0.05, 0) is 42.6 Å². The zero-order valence-corrected chi connectivity index (χ0v) is 24.4. The van der Waals surface area contributed by atoms with Gasteiger partial charge in [0.05, 0.1) is 18.3 Å². The largest absolute Gasteiger partial charge is 0.462 e. The lowest BCUT2D eigenvalue weighted by atomic mass is 9.91. The summed E-state index contributed by atoms with van der Waals surface area (Å²) in [5.41, 5.74) is 1.16. The molecule has 37 heavy (non-hydrogen) atoms. The molecule has 4 atom stereocenters. The average molecular weight is 535 g/mol. The van der Waals surface area contributed by atoms with E-state index in [1.54, 1.807) is 19.9 Å². The Labute approximate surface area is 221 Å². The highest BCUT2D eigenvalue weighted by molar-refractivity contribution is 6.74. The highest BCUT2D eigenvalue weighted by atomic mass is 28.4. The van der Waals surface area contributed by atoms with E-state index >= 15 is 0 Å². The number of carbonyl (C=O) groups excluding carboxylic acids is 3. The van der Waals surface area contributed by atoms with Crippen molar-refractivity contribution in [3.05, 3.63) is 29.3 Å². The first kappa shape index (κ1) is 29.3. The van der Waals surface area contributed by atoms with E-state index in [4.69, 9.17) is 23.4 Å². The Morgan fingerprint density at radius 1 is 1.19 bits per heavy atom. The van der Waals surface area contributed by atoms with Crippen LogP contribution in [0.1, 0.15) is 83.1 Å². The molecule has 1 aromatic carbocycles. The number of rotatable bonds is 9. The molecule has 1 fully saturated rings. The summed E-state index contributed by atoms with van der Waals surface area (Å²) in [4.78, 5) is 36.1. The Kier molecular flexibility index (Phi) is 8.92. The highest BCUT2D eigenvalue weighted by Crippen LogP contribution is 2.39. The fraction of sp³-hybridized carbons (Fsp3) is 0.679. The second kappa shape index (κ2) is 11.3. The molecule has 0 aliphatic carbocycles. The average Bonchev–Trinajstić information content (AvgIpc) is 2.71. The van der Waals surface area contributed by atoms with Crippen molar-refractivity contribution in [2.75, 3.05) is 0 Å². The third-order valence-corrected chi connectivity index (χ3v) is 11.9. The lowest BCUT2D eigenvalue weighted by molar-refractivity contribution is -0.160. The van der Waals surface area contributed by atoms with Crippen LogP contribution in [-0.2, 0) is 34.6 Å². The summed E-state index contributed by atoms with van der Waals surface area (Å²) < 4.78 is 30.0. The number of ether oxygens (including phenoxy) is 4. The van der Waals surface area contributed by atoms with Crippen LogP contribution in [0.4, 0.5) is 0 Å². The van der Waals surface area contributed by atoms with Crippen LogP contribution in [0, 0.1) is 0 Å². The predicted molar refractivity (Wildman–Crippen MR) is 141 cm³/mol. The Bertz CT molecular complexity index is 996. The summed E-state index contributed by atoms with van der Waals surface area (Å²) in [6.07, 6.45) is 1.97. The van der Waals surface area contributed by atoms with Crippen LogP contribution in [0.5, 0.6) is 5.75 Å². The molecule has 0 N–H and O–H groups in total. The second-order valence-corrected chi connectivity index (χ2v) is 16.9. The number of carbonyl (C=O) groups is 3. The van der Waals surface area contributed by atoms with Gasteiger partial charge in [0.25, 0.3) is 0 Å². The molecule has 0 radical (unpaired) electrons. The first-order valence-electron chi connectivity index (χ1n) is 13.1. The molecule has 2 heterocycles. The van der Waals surface area contributed by atoms with Crippen molar-refractivity contribution in [1.29, 1.82) is 0 Å². The molecule has 2 aliphatic rings. The molecular weight excluding hydrogens is 492 g/mol. The molecule has 0 unspecified atom stereocenters. The van der Waals surface area contributed by atoms with Crippen molar-refractivity contribution in [3.8, 4) is 5.75 Å². The number of aldehydes is 1. The zero-order chi connectivity index (χ0) is 27.6. The first-order valence-corrected chi connectivity index (χ1v) is 16.0. The molecule has 1 aromatic rings. The Balaban J connectivity index is 1.80. The molecular formula is C28H42O8Si. The molecule has 3 rings (SSSR count). The second-order valence-electron chi connectivity index (χ2n) is 12.1. The maximum Gasteiger partial charge on any atom is 0.345 e. The van der Waals surface area contributed by atoms with Crippen LogP contribution in [0.25, 0.3) is 0 Å². The summed E-state index contributed by atoms with van der Waals surface area (Å²) in [6, 6.07) is 5.47. The fourth-order valence-electron chi connectivity index (χ4n) is 4.74. The van der Waals surface area contributed by atoms with E-state index in [0.29, 0.717) is 37.0 Å². The molecule has 0 saturated carbocycles. The minimum Gasteiger partial charge on any atom is -0.462 e. The van der Waals surface area contributed by atoms with Crippen LogP contribution in [0.15, 0.2) is 18.2 Å². The van der Waals surface area contributed by atoms with E-state index in [9.17, 15) is 14.4 Å². The third kappa shape index (κ3) is 7.64. The van der Waals surface area contributed by atoms with Gasteiger partial charge in [0.2, 0.25) is 5.79 Å². The summed E-state index contributed by atoms with van der Waals surface area (Å²) in [5.74, 6) is -1.33. The lowest BCUT2D eigenvalue weighted by Gasteiger charge is -2.41. The Hall–Kier alpha value is -2.23. The standard InChI is InChI=1S/C28H42O8Si/c1-18(30)32-22-16-21(14-19-10-9-11-24-25(19)26(31)35-28(5,6)34-24)33-23(17-22)15-20(12-13-29)36-37(7,8)27(2,3)4/h9-11,13,20-23H,12,14-17H2,1-8H3/t20-,21+,22-,23+/m1/s1. The molecule has 206 valence electrons. The molecule has 8 nitrogen and oxygen atoms in total. The predicted octanol–water partition coefficient (Wildman–Crippen LogP) is 5.36. The van der Waals surface area contributed by atoms with E-state index in [0.717, 1.165) is 11.8 Å².